The Balaban J connectivity index is 1.96. The van der Waals surface area contributed by atoms with E-state index in [1.165, 1.54) is 11.3 Å². The fourth-order valence-electron chi connectivity index (χ4n) is 1.76. The molecule has 3 N–H and O–H groups in total. The number of nitrogen functional groups attached to an aromatic ring is 1. The Hall–Kier alpha value is -2.61. The summed E-state index contributed by atoms with van der Waals surface area (Å²) >= 11 is 1.36. The normalized spacial score (nSPS) is 10.6. The van der Waals surface area contributed by atoms with Crippen LogP contribution in [-0.2, 0) is 0 Å². The van der Waals surface area contributed by atoms with Gasteiger partial charge < -0.3 is 20.2 Å². The van der Waals surface area contributed by atoms with Crippen molar-refractivity contribution in [2.24, 2.45) is 0 Å². The Bertz CT molecular complexity index is 750. The summed E-state index contributed by atoms with van der Waals surface area (Å²) in [7, 11) is 3.39. The predicted molar refractivity (Wildman–Crippen MR) is 81.4 cm³/mol. The number of hydrogen-bond donors (Lipinski definition) is 2. The molecular weight excluding hydrogens is 290 g/mol. The van der Waals surface area contributed by atoms with Gasteiger partial charge in [0.05, 0.1) is 7.11 Å². The summed E-state index contributed by atoms with van der Waals surface area (Å²) in [5.74, 6) is 1.42. The lowest BCUT2D eigenvalue weighted by molar-refractivity contribution is 0.415. The zero-order valence-corrected chi connectivity index (χ0v) is 12.3. The van der Waals surface area contributed by atoms with Crippen molar-refractivity contribution in [2.75, 3.05) is 25.2 Å². The summed E-state index contributed by atoms with van der Waals surface area (Å²) in [6.45, 7) is 0. The van der Waals surface area contributed by atoms with Crippen molar-refractivity contribution < 1.29 is 9.15 Å². The molecule has 3 aromatic rings. The summed E-state index contributed by atoms with van der Waals surface area (Å²) in [5, 5.41) is 12.2. The van der Waals surface area contributed by atoms with Gasteiger partial charge in [0.25, 0.3) is 0 Å². The highest BCUT2D eigenvalue weighted by molar-refractivity contribution is 7.18. The van der Waals surface area contributed by atoms with Crippen LogP contribution in [0.1, 0.15) is 0 Å². The van der Waals surface area contributed by atoms with Gasteiger partial charge >= 0.3 is 0 Å². The molecule has 1 aromatic carbocycles. The van der Waals surface area contributed by atoms with Gasteiger partial charge in [0.15, 0.2) is 10.7 Å². The molecule has 0 fully saturated rings. The number of ether oxygens (including phenoxy) is 1. The van der Waals surface area contributed by atoms with Crippen molar-refractivity contribution in [3.8, 4) is 27.9 Å². The van der Waals surface area contributed by atoms with E-state index in [0.717, 1.165) is 11.3 Å². The first-order chi connectivity index (χ1) is 10.2. The summed E-state index contributed by atoms with van der Waals surface area (Å²) in [4.78, 5) is 4.40. The van der Waals surface area contributed by atoms with Crippen molar-refractivity contribution in [3.05, 3.63) is 24.3 Å². The molecule has 7 nitrogen and oxygen atoms in total. The van der Waals surface area contributed by atoms with E-state index in [0.29, 0.717) is 21.7 Å². The zero-order chi connectivity index (χ0) is 14.8. The maximum Gasteiger partial charge on any atom is 0.229 e. The maximum absolute atomic E-state index is 5.88. The van der Waals surface area contributed by atoms with Crippen LogP contribution < -0.4 is 15.8 Å². The zero-order valence-electron chi connectivity index (χ0n) is 11.5. The molecule has 0 unspecified atom stereocenters. The van der Waals surface area contributed by atoms with Crippen molar-refractivity contribution in [1.82, 2.24) is 15.2 Å². The first kappa shape index (κ1) is 13.4. The number of anilines is 2. The minimum absolute atomic E-state index is 0.222. The van der Waals surface area contributed by atoms with Gasteiger partial charge in [-0.15, -0.1) is 10.2 Å². The number of nitrogens with one attached hydrogen (secondary N) is 1. The van der Waals surface area contributed by atoms with Gasteiger partial charge in [-0.3, -0.25) is 0 Å². The number of oxazole rings is 1. The van der Waals surface area contributed by atoms with Crippen LogP contribution in [0.15, 0.2) is 28.7 Å². The molecule has 0 bridgehead atoms. The molecule has 0 aliphatic carbocycles. The molecule has 0 radical (unpaired) electrons. The van der Waals surface area contributed by atoms with E-state index in [-0.39, 0.29) is 5.88 Å². The number of hydrogen-bond acceptors (Lipinski definition) is 8. The molecule has 0 saturated heterocycles. The Morgan fingerprint density at radius 2 is 2.00 bits per heavy atom. The molecule has 0 saturated carbocycles. The third kappa shape index (κ3) is 2.52. The lowest BCUT2D eigenvalue weighted by Crippen LogP contribution is -1.86. The third-order valence-corrected chi connectivity index (χ3v) is 3.78. The molecular formula is C13H13N5O2S. The maximum atomic E-state index is 5.88. The number of aromatic nitrogens is 3. The van der Waals surface area contributed by atoms with E-state index >= 15 is 0 Å². The van der Waals surface area contributed by atoms with Crippen LogP contribution in [0.2, 0.25) is 0 Å². The largest absolute Gasteiger partial charge is 0.497 e. The summed E-state index contributed by atoms with van der Waals surface area (Å²) in [6.07, 6.45) is 0. The number of nitrogens with zero attached hydrogens (tertiary/aromatic N) is 3. The van der Waals surface area contributed by atoms with E-state index in [9.17, 15) is 0 Å². The molecule has 2 aromatic heterocycles. The second kappa shape index (κ2) is 5.41. The molecule has 0 aliphatic heterocycles. The number of nitrogens with two attached hydrogens (primary N) is 1. The van der Waals surface area contributed by atoms with Crippen molar-refractivity contribution in [3.63, 3.8) is 0 Å². The molecule has 0 atom stereocenters. The Morgan fingerprint density at radius 3 is 2.62 bits per heavy atom. The molecule has 2 heterocycles. The summed E-state index contributed by atoms with van der Waals surface area (Å²) in [5.41, 5.74) is 7.19. The highest BCUT2D eigenvalue weighted by Gasteiger charge is 2.17. The number of rotatable bonds is 4. The molecule has 8 heteroatoms. The number of benzene rings is 1. The molecule has 108 valence electrons. The smallest absolute Gasteiger partial charge is 0.229 e. The molecule has 0 amide bonds. The molecule has 21 heavy (non-hydrogen) atoms. The Kier molecular flexibility index (Phi) is 3.44. The third-order valence-electron chi connectivity index (χ3n) is 2.83. The van der Waals surface area contributed by atoms with Crippen LogP contribution in [0.3, 0.4) is 0 Å². The quantitative estimate of drug-likeness (QED) is 0.763. The predicted octanol–water partition coefficient (Wildman–Crippen LogP) is 2.49. The van der Waals surface area contributed by atoms with E-state index in [1.54, 1.807) is 14.2 Å². The van der Waals surface area contributed by atoms with Gasteiger partial charge in [-0.1, -0.05) is 11.3 Å². The van der Waals surface area contributed by atoms with E-state index in [4.69, 9.17) is 14.9 Å². The fraction of sp³-hybridized carbons (Fsp3) is 0.154. The van der Waals surface area contributed by atoms with Crippen molar-refractivity contribution in [1.29, 1.82) is 0 Å². The average molecular weight is 303 g/mol. The van der Waals surface area contributed by atoms with E-state index in [1.807, 2.05) is 24.3 Å². The highest BCUT2D eigenvalue weighted by Crippen LogP contribution is 2.33. The van der Waals surface area contributed by atoms with Gasteiger partial charge in [0.2, 0.25) is 16.9 Å². The standard InChI is InChI=1S/C13H13N5O2S/c1-15-13-18-17-12(21-13)9-10(14)20-11(16-9)7-3-5-8(19-2)6-4-7/h3-6H,14H2,1-2H3,(H,15,18). The Labute approximate surface area is 124 Å². The van der Waals surface area contributed by atoms with Crippen LogP contribution >= 0.6 is 11.3 Å². The van der Waals surface area contributed by atoms with Crippen LogP contribution in [0.4, 0.5) is 11.0 Å². The van der Waals surface area contributed by atoms with E-state index in [2.05, 4.69) is 20.5 Å². The SMILES string of the molecule is CNc1nnc(-c2nc(-c3ccc(OC)cc3)oc2N)s1. The summed E-state index contributed by atoms with van der Waals surface area (Å²) < 4.78 is 10.6. The van der Waals surface area contributed by atoms with Crippen molar-refractivity contribution >= 4 is 22.4 Å². The Morgan fingerprint density at radius 1 is 1.24 bits per heavy atom. The van der Waals surface area contributed by atoms with Crippen LogP contribution in [-0.4, -0.2) is 29.3 Å². The van der Waals surface area contributed by atoms with Gasteiger partial charge in [-0.25, -0.2) is 4.98 Å². The minimum Gasteiger partial charge on any atom is -0.497 e. The number of methoxy groups -OCH3 is 1. The topological polar surface area (TPSA) is 99.1 Å². The second-order valence-electron chi connectivity index (χ2n) is 4.12. The van der Waals surface area contributed by atoms with Crippen molar-refractivity contribution in [2.45, 2.75) is 0 Å². The minimum atomic E-state index is 0.222. The molecule has 3 rings (SSSR count). The monoisotopic (exact) mass is 303 g/mol. The lowest BCUT2D eigenvalue weighted by atomic mass is 10.2. The van der Waals surface area contributed by atoms with Gasteiger partial charge in [-0.05, 0) is 24.3 Å². The van der Waals surface area contributed by atoms with Gasteiger partial charge in [0.1, 0.15) is 5.75 Å². The fourth-order valence-corrected chi connectivity index (χ4v) is 2.45. The highest BCUT2D eigenvalue weighted by atomic mass is 32.1. The van der Waals surface area contributed by atoms with Gasteiger partial charge in [0, 0.05) is 12.6 Å². The van der Waals surface area contributed by atoms with Gasteiger partial charge in [-0.2, -0.15) is 0 Å². The average Bonchev–Trinajstić information content (AvgIpc) is 3.13. The lowest BCUT2D eigenvalue weighted by Gasteiger charge is -1.99. The van der Waals surface area contributed by atoms with E-state index < -0.39 is 0 Å². The molecule has 0 spiro atoms. The van der Waals surface area contributed by atoms with Crippen LogP contribution in [0.25, 0.3) is 22.2 Å². The first-order valence-electron chi connectivity index (χ1n) is 6.13. The molecule has 0 aliphatic rings. The van der Waals surface area contributed by atoms with Crippen LogP contribution in [0, 0.1) is 0 Å². The summed E-state index contributed by atoms with van der Waals surface area (Å²) in [6, 6.07) is 7.37. The first-order valence-corrected chi connectivity index (χ1v) is 6.95. The van der Waals surface area contributed by atoms with Crippen LogP contribution in [0.5, 0.6) is 5.75 Å². The second-order valence-corrected chi connectivity index (χ2v) is 5.10.